The second-order valence-electron chi connectivity index (χ2n) is 5.68. The Hall–Kier alpha value is -2.53. The van der Waals surface area contributed by atoms with E-state index in [1.54, 1.807) is 30.3 Å². The molecule has 132 valence electrons. The fourth-order valence-electron chi connectivity index (χ4n) is 2.16. The number of carbonyl (C=O) groups is 2. The molecule has 1 unspecified atom stereocenters. The van der Waals surface area contributed by atoms with Crippen LogP contribution in [0.5, 0.6) is 5.75 Å². The van der Waals surface area contributed by atoms with E-state index in [1.807, 2.05) is 19.9 Å². The molecule has 25 heavy (non-hydrogen) atoms. The Balaban J connectivity index is 2.06. The molecule has 1 N–H and O–H groups in total. The number of rotatable bonds is 5. The predicted molar refractivity (Wildman–Crippen MR) is 97.4 cm³/mol. The normalized spacial score (nSPS) is 11.6. The zero-order valence-electron chi connectivity index (χ0n) is 14.6. The fraction of sp³-hybridized carbons (Fsp3) is 0.263. The van der Waals surface area contributed by atoms with Gasteiger partial charge in [0.15, 0.2) is 6.10 Å². The number of methoxy groups -OCH3 is 1. The second-order valence-corrected chi connectivity index (χ2v) is 6.12. The van der Waals surface area contributed by atoms with E-state index in [2.05, 4.69) is 5.32 Å². The molecule has 0 aliphatic heterocycles. The van der Waals surface area contributed by atoms with E-state index in [0.717, 1.165) is 11.1 Å². The van der Waals surface area contributed by atoms with Crippen LogP contribution >= 0.6 is 11.6 Å². The Labute approximate surface area is 151 Å². The molecule has 1 amide bonds. The van der Waals surface area contributed by atoms with Crippen molar-refractivity contribution in [3.63, 3.8) is 0 Å². The van der Waals surface area contributed by atoms with Gasteiger partial charge in [0.2, 0.25) is 0 Å². The smallest absolute Gasteiger partial charge is 0.338 e. The summed E-state index contributed by atoms with van der Waals surface area (Å²) in [5, 5.41) is 3.11. The van der Waals surface area contributed by atoms with Gasteiger partial charge >= 0.3 is 5.97 Å². The molecule has 0 aliphatic carbocycles. The van der Waals surface area contributed by atoms with Gasteiger partial charge < -0.3 is 14.8 Å². The maximum absolute atomic E-state index is 12.3. The van der Waals surface area contributed by atoms with Gasteiger partial charge in [-0.3, -0.25) is 4.79 Å². The largest absolute Gasteiger partial charge is 0.495 e. The predicted octanol–water partition coefficient (Wildman–Crippen LogP) is 4.15. The van der Waals surface area contributed by atoms with Crippen LogP contribution in [0.1, 0.15) is 28.4 Å². The number of ether oxygens (including phenoxy) is 2. The number of benzene rings is 2. The number of esters is 1. The molecule has 5 nitrogen and oxygen atoms in total. The van der Waals surface area contributed by atoms with Crippen molar-refractivity contribution in [3.8, 4) is 5.75 Å². The van der Waals surface area contributed by atoms with Crippen molar-refractivity contribution in [3.05, 3.63) is 58.1 Å². The lowest BCUT2D eigenvalue weighted by Gasteiger charge is -2.15. The molecule has 0 saturated heterocycles. The Morgan fingerprint density at radius 2 is 1.80 bits per heavy atom. The molecule has 0 aliphatic rings. The monoisotopic (exact) mass is 361 g/mol. The van der Waals surface area contributed by atoms with Crippen LogP contribution in [-0.4, -0.2) is 25.1 Å². The van der Waals surface area contributed by atoms with Crippen molar-refractivity contribution in [2.45, 2.75) is 26.9 Å². The molecule has 0 spiro atoms. The van der Waals surface area contributed by atoms with Crippen molar-refractivity contribution in [1.29, 1.82) is 0 Å². The standard InChI is InChI=1S/C19H20ClNO4/c1-11-5-6-14(9-12(11)2)19(23)25-13(3)18(22)21-16-10-15(20)7-8-17(16)24-4/h5-10,13H,1-4H3,(H,21,22). The molecule has 0 radical (unpaired) electrons. The van der Waals surface area contributed by atoms with E-state index in [-0.39, 0.29) is 0 Å². The molecular formula is C19H20ClNO4. The first-order valence-corrected chi connectivity index (χ1v) is 8.12. The Morgan fingerprint density at radius 1 is 1.08 bits per heavy atom. The van der Waals surface area contributed by atoms with Crippen molar-refractivity contribution < 1.29 is 19.1 Å². The van der Waals surface area contributed by atoms with Crippen molar-refractivity contribution >= 4 is 29.2 Å². The summed E-state index contributed by atoms with van der Waals surface area (Å²) in [6, 6.07) is 10.1. The quantitative estimate of drug-likeness (QED) is 0.812. The van der Waals surface area contributed by atoms with Gasteiger partial charge in [0, 0.05) is 5.02 Å². The number of anilines is 1. The molecule has 6 heteroatoms. The van der Waals surface area contributed by atoms with Gasteiger partial charge in [0.25, 0.3) is 5.91 Å². The first-order chi connectivity index (χ1) is 11.8. The lowest BCUT2D eigenvalue weighted by atomic mass is 10.1. The van der Waals surface area contributed by atoms with Crippen molar-refractivity contribution in [2.24, 2.45) is 0 Å². The minimum absolute atomic E-state index is 0.406. The van der Waals surface area contributed by atoms with E-state index >= 15 is 0 Å². The van der Waals surface area contributed by atoms with Gasteiger partial charge in [-0.1, -0.05) is 17.7 Å². The average molecular weight is 362 g/mol. The summed E-state index contributed by atoms with van der Waals surface area (Å²) in [5.74, 6) is -0.563. The third-order valence-corrected chi connectivity index (χ3v) is 4.05. The van der Waals surface area contributed by atoms with Gasteiger partial charge in [-0.15, -0.1) is 0 Å². The summed E-state index contributed by atoms with van der Waals surface area (Å²) in [6.07, 6.45) is -0.974. The third-order valence-electron chi connectivity index (χ3n) is 3.82. The molecule has 2 rings (SSSR count). The highest BCUT2D eigenvalue weighted by atomic mass is 35.5. The van der Waals surface area contributed by atoms with Crippen LogP contribution in [0.3, 0.4) is 0 Å². The number of nitrogens with one attached hydrogen (secondary N) is 1. The SMILES string of the molecule is COc1ccc(Cl)cc1NC(=O)C(C)OC(=O)c1ccc(C)c(C)c1. The van der Waals surface area contributed by atoms with Crippen LogP contribution in [0, 0.1) is 13.8 Å². The van der Waals surface area contributed by atoms with E-state index in [0.29, 0.717) is 22.0 Å². The molecule has 1 atom stereocenters. The van der Waals surface area contributed by atoms with Gasteiger partial charge in [-0.05, 0) is 62.2 Å². The summed E-state index contributed by atoms with van der Waals surface area (Å²) in [6.45, 7) is 5.37. The summed E-state index contributed by atoms with van der Waals surface area (Å²) in [4.78, 5) is 24.5. The van der Waals surface area contributed by atoms with Crippen molar-refractivity contribution in [2.75, 3.05) is 12.4 Å². The van der Waals surface area contributed by atoms with E-state index in [4.69, 9.17) is 21.1 Å². The van der Waals surface area contributed by atoms with Gasteiger partial charge in [0.1, 0.15) is 5.75 Å². The Bertz CT molecular complexity index is 804. The molecule has 0 saturated carbocycles. The summed E-state index contributed by atoms with van der Waals surface area (Å²) in [5.41, 5.74) is 2.88. The molecule has 2 aromatic rings. The average Bonchev–Trinajstić information content (AvgIpc) is 2.57. The molecule has 2 aromatic carbocycles. The fourth-order valence-corrected chi connectivity index (χ4v) is 2.33. The van der Waals surface area contributed by atoms with E-state index in [9.17, 15) is 9.59 Å². The van der Waals surface area contributed by atoms with Crippen LogP contribution in [-0.2, 0) is 9.53 Å². The van der Waals surface area contributed by atoms with Crippen LogP contribution in [0.25, 0.3) is 0 Å². The lowest BCUT2D eigenvalue weighted by Crippen LogP contribution is -2.30. The zero-order valence-corrected chi connectivity index (χ0v) is 15.3. The number of amides is 1. The summed E-state index contributed by atoms with van der Waals surface area (Å²) < 4.78 is 10.4. The molecular weight excluding hydrogens is 342 g/mol. The Kier molecular flexibility index (Phi) is 6.04. The number of carbonyl (C=O) groups excluding carboxylic acids is 2. The van der Waals surface area contributed by atoms with Gasteiger partial charge in [-0.2, -0.15) is 0 Å². The first kappa shape index (κ1) is 18.8. The van der Waals surface area contributed by atoms with Crippen LogP contribution in [0.4, 0.5) is 5.69 Å². The van der Waals surface area contributed by atoms with Gasteiger partial charge in [0.05, 0.1) is 18.4 Å². The highest BCUT2D eigenvalue weighted by Gasteiger charge is 2.20. The van der Waals surface area contributed by atoms with E-state index < -0.39 is 18.0 Å². The van der Waals surface area contributed by atoms with E-state index in [1.165, 1.54) is 14.0 Å². The summed E-state index contributed by atoms with van der Waals surface area (Å²) >= 11 is 5.94. The highest BCUT2D eigenvalue weighted by molar-refractivity contribution is 6.31. The number of aryl methyl sites for hydroxylation is 2. The maximum Gasteiger partial charge on any atom is 0.338 e. The van der Waals surface area contributed by atoms with Crippen LogP contribution in [0.2, 0.25) is 5.02 Å². The molecule has 0 aromatic heterocycles. The topological polar surface area (TPSA) is 64.6 Å². The second kappa shape index (κ2) is 8.03. The number of hydrogen-bond acceptors (Lipinski definition) is 4. The molecule has 0 fully saturated rings. The lowest BCUT2D eigenvalue weighted by molar-refractivity contribution is -0.123. The minimum Gasteiger partial charge on any atom is -0.495 e. The number of hydrogen-bond donors (Lipinski definition) is 1. The summed E-state index contributed by atoms with van der Waals surface area (Å²) in [7, 11) is 1.49. The maximum atomic E-state index is 12.3. The third kappa shape index (κ3) is 4.73. The molecule has 0 heterocycles. The zero-order chi connectivity index (χ0) is 18.6. The first-order valence-electron chi connectivity index (χ1n) is 7.74. The number of halogens is 1. The van der Waals surface area contributed by atoms with Crippen molar-refractivity contribution in [1.82, 2.24) is 0 Å². The van der Waals surface area contributed by atoms with Gasteiger partial charge in [-0.25, -0.2) is 4.79 Å². The molecule has 0 bridgehead atoms. The van der Waals surface area contributed by atoms with Crippen LogP contribution < -0.4 is 10.1 Å². The van der Waals surface area contributed by atoms with Crippen LogP contribution in [0.15, 0.2) is 36.4 Å². The highest BCUT2D eigenvalue weighted by Crippen LogP contribution is 2.27. The Morgan fingerprint density at radius 3 is 2.44 bits per heavy atom. The minimum atomic E-state index is -0.974.